The maximum atomic E-state index is 13.5. The number of sulfonamides is 1. The molecule has 0 atom stereocenters. The van der Waals surface area contributed by atoms with E-state index in [2.05, 4.69) is 19.7 Å². The van der Waals surface area contributed by atoms with Crippen LogP contribution in [-0.2, 0) is 21.3 Å². The summed E-state index contributed by atoms with van der Waals surface area (Å²) in [5.74, 6) is -0.145. The van der Waals surface area contributed by atoms with Gasteiger partial charge < -0.3 is 19.1 Å². The van der Waals surface area contributed by atoms with Crippen molar-refractivity contribution in [2.75, 3.05) is 45.4 Å². The summed E-state index contributed by atoms with van der Waals surface area (Å²) >= 11 is 0. The number of hydrogen-bond acceptors (Lipinski definition) is 9. The molecule has 0 saturated carbocycles. The topological polar surface area (TPSA) is 116 Å². The molecular weight excluding hydrogens is 393 g/mol. The maximum absolute atomic E-state index is 13.5. The Morgan fingerprint density at radius 2 is 1.93 bits per heavy atom. The van der Waals surface area contributed by atoms with Crippen LogP contribution in [0.15, 0.2) is 23.1 Å². The molecule has 2 aromatic rings. The Hall–Kier alpha value is -2.57. The molecule has 1 fully saturated rings. The molecular formula is C16H20FN5O5S. The van der Waals surface area contributed by atoms with E-state index in [9.17, 15) is 12.8 Å². The predicted molar refractivity (Wildman–Crippen MR) is 96.4 cm³/mol. The Labute approximate surface area is 161 Å². The second kappa shape index (κ2) is 8.63. The van der Waals surface area contributed by atoms with Crippen LogP contribution in [0.3, 0.4) is 0 Å². The first-order valence-electron chi connectivity index (χ1n) is 8.38. The average Bonchev–Trinajstić information content (AvgIpc) is 2.72. The lowest BCUT2D eigenvalue weighted by Crippen LogP contribution is -2.37. The summed E-state index contributed by atoms with van der Waals surface area (Å²) in [6.45, 7) is 2.03. The summed E-state index contributed by atoms with van der Waals surface area (Å²) in [5, 5.41) is 0. The third-order valence-corrected chi connectivity index (χ3v) is 5.38. The number of morpholine rings is 1. The van der Waals surface area contributed by atoms with Gasteiger partial charge in [-0.05, 0) is 18.2 Å². The van der Waals surface area contributed by atoms with Crippen LogP contribution in [0.4, 0.5) is 10.3 Å². The van der Waals surface area contributed by atoms with Crippen LogP contribution in [-0.4, -0.2) is 63.9 Å². The minimum atomic E-state index is -4.07. The van der Waals surface area contributed by atoms with Gasteiger partial charge in [0.05, 0.1) is 34.0 Å². The Morgan fingerprint density at radius 1 is 1.18 bits per heavy atom. The molecule has 12 heteroatoms. The van der Waals surface area contributed by atoms with E-state index < -0.39 is 15.8 Å². The SMILES string of the molecule is COc1nc(CNS(=O)(=O)c2cc(F)ccc2OC)nc(N2CCOCC2)n1. The summed E-state index contributed by atoms with van der Waals surface area (Å²) in [6.07, 6.45) is 0. The molecule has 3 rings (SSSR count). The fourth-order valence-electron chi connectivity index (χ4n) is 2.56. The Bertz CT molecular complexity index is 937. The molecule has 0 radical (unpaired) electrons. The minimum absolute atomic E-state index is 0.0242. The van der Waals surface area contributed by atoms with Crippen LogP contribution in [0.5, 0.6) is 11.8 Å². The van der Waals surface area contributed by atoms with Crippen molar-refractivity contribution in [3.05, 3.63) is 29.8 Å². The summed E-state index contributed by atoms with van der Waals surface area (Å²) < 4.78 is 56.5. The highest BCUT2D eigenvalue weighted by atomic mass is 32.2. The molecule has 1 saturated heterocycles. The van der Waals surface area contributed by atoms with Crippen molar-refractivity contribution in [3.8, 4) is 11.8 Å². The largest absolute Gasteiger partial charge is 0.495 e. The highest BCUT2D eigenvalue weighted by Crippen LogP contribution is 2.24. The van der Waals surface area contributed by atoms with Crippen molar-refractivity contribution >= 4 is 16.0 Å². The number of hydrogen-bond donors (Lipinski definition) is 1. The molecule has 28 heavy (non-hydrogen) atoms. The van der Waals surface area contributed by atoms with Gasteiger partial charge in [-0.2, -0.15) is 15.0 Å². The maximum Gasteiger partial charge on any atom is 0.321 e. The van der Waals surface area contributed by atoms with Crippen LogP contribution in [0.25, 0.3) is 0 Å². The highest BCUT2D eigenvalue weighted by molar-refractivity contribution is 7.89. The molecule has 152 valence electrons. The van der Waals surface area contributed by atoms with Gasteiger partial charge in [-0.3, -0.25) is 0 Å². The van der Waals surface area contributed by atoms with Gasteiger partial charge in [-0.1, -0.05) is 0 Å². The fraction of sp³-hybridized carbons (Fsp3) is 0.438. The molecule has 1 N–H and O–H groups in total. The highest BCUT2D eigenvalue weighted by Gasteiger charge is 2.22. The van der Waals surface area contributed by atoms with Crippen molar-refractivity contribution < 1.29 is 27.0 Å². The average molecular weight is 413 g/mol. The van der Waals surface area contributed by atoms with E-state index in [1.165, 1.54) is 20.3 Å². The van der Waals surface area contributed by atoms with Gasteiger partial charge in [-0.25, -0.2) is 17.5 Å². The molecule has 0 bridgehead atoms. The Morgan fingerprint density at radius 3 is 2.61 bits per heavy atom. The van der Waals surface area contributed by atoms with E-state index in [1.54, 1.807) is 0 Å². The molecule has 0 amide bonds. The second-order valence-electron chi connectivity index (χ2n) is 5.76. The molecule has 10 nitrogen and oxygen atoms in total. The molecule has 0 aliphatic carbocycles. The van der Waals surface area contributed by atoms with E-state index >= 15 is 0 Å². The first-order valence-corrected chi connectivity index (χ1v) is 9.86. The lowest BCUT2D eigenvalue weighted by atomic mass is 10.3. The third kappa shape index (κ3) is 4.64. The summed E-state index contributed by atoms with van der Waals surface area (Å²) in [6, 6.07) is 3.30. The second-order valence-corrected chi connectivity index (χ2v) is 7.49. The first-order chi connectivity index (χ1) is 13.4. The normalized spacial score (nSPS) is 14.8. The number of nitrogens with zero attached hydrogens (tertiary/aromatic N) is 4. The number of halogens is 1. The van der Waals surface area contributed by atoms with Crippen LogP contribution in [0, 0.1) is 5.82 Å². The summed E-state index contributed by atoms with van der Waals surface area (Å²) in [7, 11) is -1.36. The monoisotopic (exact) mass is 413 g/mol. The first kappa shape index (κ1) is 20.2. The number of nitrogens with one attached hydrogen (secondary N) is 1. The quantitative estimate of drug-likeness (QED) is 0.686. The predicted octanol–water partition coefficient (Wildman–Crippen LogP) is 0.343. The van der Waals surface area contributed by atoms with E-state index in [0.29, 0.717) is 32.3 Å². The number of anilines is 1. The number of ether oxygens (including phenoxy) is 3. The molecule has 1 aliphatic heterocycles. The van der Waals surface area contributed by atoms with Gasteiger partial charge in [0.1, 0.15) is 16.5 Å². The van der Waals surface area contributed by atoms with E-state index in [-0.39, 0.29) is 29.0 Å². The van der Waals surface area contributed by atoms with Crippen LogP contribution in [0.1, 0.15) is 5.82 Å². The van der Waals surface area contributed by atoms with Crippen LogP contribution in [0.2, 0.25) is 0 Å². The van der Waals surface area contributed by atoms with Gasteiger partial charge >= 0.3 is 6.01 Å². The lowest BCUT2D eigenvalue weighted by Gasteiger charge is -2.26. The molecule has 2 heterocycles. The zero-order valence-corrected chi connectivity index (χ0v) is 16.2. The number of rotatable bonds is 7. The van der Waals surface area contributed by atoms with Crippen molar-refractivity contribution in [1.82, 2.24) is 19.7 Å². The van der Waals surface area contributed by atoms with Gasteiger partial charge in [0.25, 0.3) is 0 Å². The standard InChI is InChI=1S/C16H20FN5O5S/c1-25-12-4-3-11(17)9-13(12)28(23,24)18-10-14-19-15(21-16(20-14)26-2)22-5-7-27-8-6-22/h3-4,9,18H,5-8,10H2,1-2H3. The molecule has 1 aromatic heterocycles. The summed E-state index contributed by atoms with van der Waals surface area (Å²) in [4.78, 5) is 14.1. The molecule has 1 aromatic carbocycles. The number of methoxy groups -OCH3 is 2. The Kier molecular flexibility index (Phi) is 6.21. The van der Waals surface area contributed by atoms with Crippen LogP contribution < -0.4 is 19.1 Å². The number of benzene rings is 1. The molecule has 0 spiro atoms. The van der Waals surface area contributed by atoms with Gasteiger partial charge in [0.15, 0.2) is 5.82 Å². The van der Waals surface area contributed by atoms with Crippen molar-refractivity contribution in [3.63, 3.8) is 0 Å². The zero-order chi connectivity index (χ0) is 20.1. The van der Waals surface area contributed by atoms with Crippen molar-refractivity contribution in [2.45, 2.75) is 11.4 Å². The third-order valence-electron chi connectivity index (χ3n) is 3.96. The Balaban J connectivity index is 1.82. The smallest absolute Gasteiger partial charge is 0.321 e. The number of aromatic nitrogens is 3. The van der Waals surface area contributed by atoms with E-state index in [0.717, 1.165) is 12.1 Å². The lowest BCUT2D eigenvalue weighted by molar-refractivity contribution is 0.122. The van der Waals surface area contributed by atoms with E-state index in [1.807, 2.05) is 4.90 Å². The molecule has 1 aliphatic rings. The van der Waals surface area contributed by atoms with Gasteiger partial charge in [0, 0.05) is 13.1 Å². The summed E-state index contributed by atoms with van der Waals surface area (Å²) in [5.41, 5.74) is 0. The van der Waals surface area contributed by atoms with Crippen LogP contribution >= 0.6 is 0 Å². The van der Waals surface area contributed by atoms with Crippen molar-refractivity contribution in [2.24, 2.45) is 0 Å². The van der Waals surface area contributed by atoms with E-state index in [4.69, 9.17) is 14.2 Å². The van der Waals surface area contributed by atoms with Gasteiger partial charge in [-0.15, -0.1) is 0 Å². The molecule has 0 unspecified atom stereocenters. The zero-order valence-electron chi connectivity index (χ0n) is 15.4. The van der Waals surface area contributed by atoms with Gasteiger partial charge in [0.2, 0.25) is 16.0 Å². The fourth-order valence-corrected chi connectivity index (χ4v) is 3.72. The minimum Gasteiger partial charge on any atom is -0.495 e. The van der Waals surface area contributed by atoms with Crippen molar-refractivity contribution in [1.29, 1.82) is 0 Å².